The highest BCUT2D eigenvalue weighted by Gasteiger charge is 2.30. The first-order chi connectivity index (χ1) is 9.59. The largest absolute Gasteiger partial charge is 0.468 e. The van der Waals surface area contributed by atoms with Gasteiger partial charge in [0, 0.05) is 6.07 Å². The highest BCUT2D eigenvalue weighted by molar-refractivity contribution is 8.10. The van der Waals surface area contributed by atoms with Crippen molar-refractivity contribution < 1.29 is 23.5 Å². The molecule has 0 aromatic carbocycles. The summed E-state index contributed by atoms with van der Waals surface area (Å²) in [6.07, 6.45) is 1.40. The Kier molecular flexibility index (Phi) is 4.80. The normalized spacial score (nSPS) is 12.1. The molecule has 0 radical (unpaired) electrons. The second-order valence-corrected chi connectivity index (χ2v) is 5.61. The first-order valence-electron chi connectivity index (χ1n) is 5.52. The fraction of sp³-hybridized carbons (Fsp3) is 0.167. The minimum atomic E-state index is -1.41. The lowest BCUT2D eigenvalue weighted by molar-refractivity contribution is -0.116. The van der Waals surface area contributed by atoms with Crippen LogP contribution in [0.25, 0.3) is 0 Å². The molecule has 2 aromatic heterocycles. The van der Waals surface area contributed by atoms with Crippen molar-refractivity contribution in [2.75, 3.05) is 4.90 Å². The van der Waals surface area contributed by atoms with E-state index in [0.717, 1.165) is 11.8 Å². The lowest BCUT2D eigenvalue weighted by Gasteiger charge is -2.17. The Bertz CT molecular complexity index is 567. The standard InChI is InChI=1S/C12H11NO5S2/c14-10(11(19)20-7-8-3-1-5-17-8)13(12(15)16)9-4-2-6-18-9/h1-6,11,19H,7H2,(H,15,16). The molecule has 0 aliphatic rings. The molecule has 0 bridgehead atoms. The Morgan fingerprint density at radius 2 is 2.00 bits per heavy atom. The predicted octanol–water partition coefficient (Wildman–Crippen LogP) is 3.07. The van der Waals surface area contributed by atoms with Crippen LogP contribution in [0, 0.1) is 0 Å². The Labute approximate surface area is 124 Å². The number of furan rings is 2. The summed E-state index contributed by atoms with van der Waals surface area (Å²) in [5, 5.41) is 9.10. The number of thiol groups is 1. The quantitative estimate of drug-likeness (QED) is 0.652. The SMILES string of the molecule is O=C(O)N(C(=O)C(S)SCc1ccco1)c1ccco1. The maximum Gasteiger partial charge on any atom is 0.421 e. The minimum Gasteiger partial charge on any atom is -0.468 e. The van der Waals surface area contributed by atoms with Gasteiger partial charge in [0.2, 0.25) is 5.88 Å². The second-order valence-electron chi connectivity index (χ2n) is 3.65. The van der Waals surface area contributed by atoms with Gasteiger partial charge in [-0.05, 0) is 18.2 Å². The van der Waals surface area contributed by atoms with Gasteiger partial charge in [0.05, 0.1) is 18.3 Å². The van der Waals surface area contributed by atoms with E-state index in [1.807, 2.05) is 0 Å². The number of carboxylic acid groups (broad SMARTS) is 1. The topological polar surface area (TPSA) is 83.9 Å². The summed E-state index contributed by atoms with van der Waals surface area (Å²) in [4.78, 5) is 23.8. The highest BCUT2D eigenvalue weighted by Crippen LogP contribution is 2.25. The van der Waals surface area contributed by atoms with Crippen LogP contribution in [0.3, 0.4) is 0 Å². The summed E-state index contributed by atoms with van der Waals surface area (Å²) in [5.41, 5.74) is 0. The maximum atomic E-state index is 12.1. The van der Waals surface area contributed by atoms with E-state index in [9.17, 15) is 9.59 Å². The molecule has 8 heteroatoms. The molecule has 1 atom stereocenters. The van der Waals surface area contributed by atoms with E-state index in [1.165, 1.54) is 24.7 Å². The number of carbonyl (C=O) groups excluding carboxylic acids is 1. The van der Waals surface area contributed by atoms with E-state index in [2.05, 4.69) is 12.6 Å². The van der Waals surface area contributed by atoms with Crippen molar-refractivity contribution in [3.8, 4) is 0 Å². The zero-order chi connectivity index (χ0) is 14.5. The van der Waals surface area contributed by atoms with Crippen molar-refractivity contribution in [1.82, 2.24) is 0 Å². The second kappa shape index (κ2) is 6.58. The maximum absolute atomic E-state index is 12.1. The summed E-state index contributed by atoms with van der Waals surface area (Å²) in [5.74, 6) is 0.354. The van der Waals surface area contributed by atoms with Crippen LogP contribution < -0.4 is 4.90 Å². The molecule has 6 nitrogen and oxygen atoms in total. The van der Waals surface area contributed by atoms with Gasteiger partial charge in [-0.1, -0.05) is 0 Å². The number of nitrogens with zero attached hydrogens (tertiary/aromatic N) is 1. The highest BCUT2D eigenvalue weighted by atomic mass is 32.2. The number of thioether (sulfide) groups is 1. The molecule has 0 aliphatic carbocycles. The van der Waals surface area contributed by atoms with Crippen LogP contribution in [0.4, 0.5) is 10.7 Å². The van der Waals surface area contributed by atoms with E-state index in [-0.39, 0.29) is 5.88 Å². The summed E-state index contributed by atoms with van der Waals surface area (Å²) >= 11 is 5.29. The van der Waals surface area contributed by atoms with Gasteiger partial charge in [-0.3, -0.25) is 4.79 Å². The van der Waals surface area contributed by atoms with Crippen LogP contribution in [-0.4, -0.2) is 21.7 Å². The van der Waals surface area contributed by atoms with E-state index < -0.39 is 16.6 Å². The molecule has 0 spiro atoms. The van der Waals surface area contributed by atoms with Gasteiger partial charge in [-0.2, -0.15) is 17.5 Å². The zero-order valence-corrected chi connectivity index (χ0v) is 11.8. The average molecular weight is 313 g/mol. The lowest BCUT2D eigenvalue weighted by Crippen LogP contribution is -2.39. The molecule has 0 aliphatic heterocycles. The lowest BCUT2D eigenvalue weighted by atomic mass is 10.5. The Morgan fingerprint density at radius 3 is 2.55 bits per heavy atom. The smallest absolute Gasteiger partial charge is 0.421 e. The van der Waals surface area contributed by atoms with Crippen molar-refractivity contribution in [3.63, 3.8) is 0 Å². The van der Waals surface area contributed by atoms with Crippen LogP contribution in [0.2, 0.25) is 0 Å². The number of carbonyl (C=O) groups is 2. The third-order valence-corrected chi connectivity index (χ3v) is 3.95. The summed E-state index contributed by atoms with van der Waals surface area (Å²) in [6, 6.07) is 6.39. The molecule has 0 saturated carbocycles. The first-order valence-corrected chi connectivity index (χ1v) is 7.08. The first kappa shape index (κ1) is 14.6. The van der Waals surface area contributed by atoms with Crippen LogP contribution in [0.15, 0.2) is 45.6 Å². The number of anilines is 1. The van der Waals surface area contributed by atoms with Crippen molar-refractivity contribution in [1.29, 1.82) is 0 Å². The van der Waals surface area contributed by atoms with Crippen LogP contribution in [0.5, 0.6) is 0 Å². The Balaban J connectivity index is 2.02. The molecule has 0 saturated heterocycles. The molecule has 106 valence electrons. The van der Waals surface area contributed by atoms with Gasteiger partial charge in [-0.25, -0.2) is 4.79 Å². The molecule has 2 aromatic rings. The summed E-state index contributed by atoms with van der Waals surface area (Å²) < 4.78 is 9.22. The van der Waals surface area contributed by atoms with E-state index in [4.69, 9.17) is 13.9 Å². The van der Waals surface area contributed by atoms with Crippen LogP contribution in [0.1, 0.15) is 5.76 Å². The molecular weight excluding hydrogens is 302 g/mol. The number of rotatable bonds is 5. The summed E-state index contributed by atoms with van der Waals surface area (Å²) in [7, 11) is 0. The third-order valence-electron chi connectivity index (χ3n) is 2.31. The fourth-order valence-electron chi connectivity index (χ4n) is 1.43. The van der Waals surface area contributed by atoms with Crippen LogP contribution >= 0.6 is 24.4 Å². The number of imide groups is 1. The average Bonchev–Trinajstić information content (AvgIpc) is 3.08. The van der Waals surface area contributed by atoms with Gasteiger partial charge in [-0.15, -0.1) is 11.8 Å². The van der Waals surface area contributed by atoms with E-state index >= 15 is 0 Å². The van der Waals surface area contributed by atoms with Gasteiger partial charge >= 0.3 is 6.09 Å². The van der Waals surface area contributed by atoms with Crippen molar-refractivity contribution >= 4 is 42.3 Å². The van der Waals surface area contributed by atoms with Gasteiger partial charge in [0.15, 0.2) is 0 Å². The number of hydrogen-bond donors (Lipinski definition) is 2. The molecule has 1 N–H and O–H groups in total. The number of amides is 2. The predicted molar refractivity (Wildman–Crippen MR) is 77.0 cm³/mol. The monoisotopic (exact) mass is 313 g/mol. The number of hydrogen-bond acceptors (Lipinski definition) is 6. The van der Waals surface area contributed by atoms with E-state index in [1.54, 1.807) is 12.1 Å². The van der Waals surface area contributed by atoms with E-state index in [0.29, 0.717) is 16.4 Å². The summed E-state index contributed by atoms with van der Waals surface area (Å²) in [6.45, 7) is 0. The van der Waals surface area contributed by atoms with Crippen molar-refractivity contribution in [2.24, 2.45) is 0 Å². The third kappa shape index (κ3) is 3.40. The fourth-order valence-corrected chi connectivity index (χ4v) is 2.51. The Morgan fingerprint density at radius 1 is 1.30 bits per heavy atom. The molecule has 2 amide bonds. The molecule has 2 rings (SSSR count). The van der Waals surface area contributed by atoms with Gasteiger partial charge in [0.25, 0.3) is 5.91 Å². The molecule has 1 unspecified atom stereocenters. The van der Waals surface area contributed by atoms with Crippen molar-refractivity contribution in [3.05, 3.63) is 42.6 Å². The zero-order valence-electron chi connectivity index (χ0n) is 10.1. The molecular formula is C12H11NO5S2. The van der Waals surface area contributed by atoms with Crippen molar-refractivity contribution in [2.45, 2.75) is 10.3 Å². The van der Waals surface area contributed by atoms with Gasteiger partial charge in [0.1, 0.15) is 10.3 Å². The van der Waals surface area contributed by atoms with Gasteiger partial charge < -0.3 is 13.9 Å². The minimum absolute atomic E-state index is 0.0554. The molecule has 0 fully saturated rings. The molecule has 2 heterocycles. The van der Waals surface area contributed by atoms with Crippen LogP contribution in [-0.2, 0) is 10.5 Å². The Hall–Kier alpha value is -1.80. The molecule has 20 heavy (non-hydrogen) atoms.